The summed E-state index contributed by atoms with van der Waals surface area (Å²) in [6.07, 6.45) is 2.84. The first-order chi connectivity index (χ1) is 9.15. The van der Waals surface area contributed by atoms with Crippen LogP contribution in [0.3, 0.4) is 0 Å². The molecule has 0 radical (unpaired) electrons. The van der Waals surface area contributed by atoms with Gasteiger partial charge in [-0.15, -0.1) is 5.10 Å². The number of anilines is 1. The first-order valence-electron chi connectivity index (χ1n) is 6.42. The third-order valence-corrected chi connectivity index (χ3v) is 3.04. The Hall–Kier alpha value is -1.83. The van der Waals surface area contributed by atoms with E-state index >= 15 is 0 Å². The van der Waals surface area contributed by atoms with Crippen LogP contribution >= 0.6 is 0 Å². The molecule has 0 saturated carbocycles. The molecule has 1 saturated heterocycles. The predicted molar refractivity (Wildman–Crippen MR) is 69.5 cm³/mol. The Bertz CT molecular complexity index is 415. The summed E-state index contributed by atoms with van der Waals surface area (Å²) in [6, 6.07) is -0.108. The summed E-state index contributed by atoms with van der Waals surface area (Å²) >= 11 is 0. The number of H-pyrrole nitrogens is 1. The zero-order chi connectivity index (χ0) is 13.7. The fourth-order valence-electron chi connectivity index (χ4n) is 2.02. The van der Waals surface area contributed by atoms with Gasteiger partial charge < -0.3 is 20.7 Å². The molecule has 1 aliphatic rings. The van der Waals surface area contributed by atoms with Gasteiger partial charge in [-0.25, -0.2) is 4.79 Å². The molecule has 8 nitrogen and oxygen atoms in total. The zero-order valence-electron chi connectivity index (χ0n) is 11.1. The molecule has 0 spiro atoms. The minimum atomic E-state index is -0.108. The molecule has 19 heavy (non-hydrogen) atoms. The third kappa shape index (κ3) is 4.09. The van der Waals surface area contributed by atoms with Crippen molar-refractivity contribution >= 4 is 12.0 Å². The van der Waals surface area contributed by atoms with Crippen molar-refractivity contribution in [2.45, 2.75) is 25.4 Å². The molecule has 0 unspecified atom stereocenters. The number of amides is 2. The molecule has 2 amide bonds. The summed E-state index contributed by atoms with van der Waals surface area (Å²) in [7, 11) is 1.77. The number of aromatic nitrogens is 3. The Morgan fingerprint density at radius 3 is 3.16 bits per heavy atom. The van der Waals surface area contributed by atoms with Gasteiger partial charge in [0, 0.05) is 33.2 Å². The number of carbonyl (C=O) groups excluding carboxylic acids is 1. The molecule has 1 aliphatic heterocycles. The second-order valence-electron chi connectivity index (χ2n) is 4.64. The van der Waals surface area contributed by atoms with Crippen LogP contribution < -0.4 is 11.1 Å². The average Bonchev–Trinajstić information content (AvgIpc) is 3.01. The zero-order valence-corrected chi connectivity index (χ0v) is 11.1. The Morgan fingerprint density at radius 1 is 1.68 bits per heavy atom. The normalized spacial score (nSPS) is 18.5. The maximum atomic E-state index is 11.8. The van der Waals surface area contributed by atoms with Crippen LogP contribution in [-0.4, -0.2) is 59.0 Å². The number of nitrogens with two attached hydrogens (primary N) is 1. The van der Waals surface area contributed by atoms with Crippen molar-refractivity contribution < 1.29 is 9.53 Å². The molecule has 0 aliphatic carbocycles. The van der Waals surface area contributed by atoms with Crippen molar-refractivity contribution in [2.24, 2.45) is 0 Å². The van der Waals surface area contributed by atoms with Gasteiger partial charge in [0.15, 0.2) is 0 Å². The summed E-state index contributed by atoms with van der Waals surface area (Å²) in [4.78, 5) is 17.4. The molecular weight excluding hydrogens is 248 g/mol. The van der Waals surface area contributed by atoms with Gasteiger partial charge in [-0.3, -0.25) is 5.10 Å². The lowest BCUT2D eigenvalue weighted by atomic mass is 10.2. The van der Waals surface area contributed by atoms with Gasteiger partial charge in [0.25, 0.3) is 0 Å². The van der Waals surface area contributed by atoms with E-state index in [1.54, 1.807) is 11.9 Å². The van der Waals surface area contributed by atoms with Crippen LogP contribution in [0.5, 0.6) is 0 Å². The predicted octanol–water partition coefficient (Wildman–Crippen LogP) is -0.250. The highest BCUT2D eigenvalue weighted by Crippen LogP contribution is 2.12. The van der Waals surface area contributed by atoms with Crippen molar-refractivity contribution in [3.05, 3.63) is 5.82 Å². The van der Waals surface area contributed by atoms with Crippen LogP contribution in [0, 0.1) is 0 Å². The van der Waals surface area contributed by atoms with Crippen LogP contribution in [0.25, 0.3) is 0 Å². The summed E-state index contributed by atoms with van der Waals surface area (Å²) in [5.41, 5.74) is 5.39. The number of hydrogen-bond donors (Lipinski definition) is 3. The van der Waals surface area contributed by atoms with E-state index in [4.69, 9.17) is 10.5 Å². The van der Waals surface area contributed by atoms with E-state index < -0.39 is 0 Å². The average molecular weight is 268 g/mol. The number of carbonyl (C=O) groups is 1. The maximum absolute atomic E-state index is 11.8. The number of nitrogens with one attached hydrogen (secondary N) is 2. The molecule has 4 N–H and O–H groups in total. The van der Waals surface area contributed by atoms with E-state index in [1.807, 2.05) is 0 Å². The Balaban J connectivity index is 1.65. The molecule has 0 bridgehead atoms. The highest BCUT2D eigenvalue weighted by Gasteiger charge is 2.19. The van der Waals surface area contributed by atoms with Crippen molar-refractivity contribution in [1.82, 2.24) is 25.4 Å². The molecule has 2 rings (SSSR count). The Labute approximate surface area is 111 Å². The van der Waals surface area contributed by atoms with Crippen LogP contribution in [0.1, 0.15) is 18.7 Å². The fraction of sp³-hybridized carbons (Fsp3) is 0.727. The number of ether oxygens (including phenoxy) is 1. The standard InChI is InChI=1S/C11H20N6O2/c1-17(7-8-3-2-6-19-8)11(18)13-5-4-9-14-10(12)16-15-9/h8H,2-7H2,1H3,(H,13,18)(H3,12,14,15,16)/t8-/m0/s1. The molecule has 1 atom stereocenters. The largest absolute Gasteiger partial charge is 0.376 e. The minimum absolute atomic E-state index is 0.108. The van der Waals surface area contributed by atoms with Gasteiger partial charge in [0.1, 0.15) is 5.82 Å². The highest BCUT2D eigenvalue weighted by molar-refractivity contribution is 5.73. The lowest BCUT2D eigenvalue weighted by Gasteiger charge is -2.21. The van der Waals surface area contributed by atoms with Gasteiger partial charge in [-0.2, -0.15) is 4.98 Å². The number of aromatic amines is 1. The van der Waals surface area contributed by atoms with Gasteiger partial charge in [0.2, 0.25) is 5.95 Å². The van der Waals surface area contributed by atoms with Crippen molar-refractivity contribution in [3.8, 4) is 0 Å². The summed E-state index contributed by atoms with van der Waals surface area (Å²) in [6.45, 7) is 1.91. The second-order valence-corrected chi connectivity index (χ2v) is 4.64. The lowest BCUT2D eigenvalue weighted by Crippen LogP contribution is -2.41. The summed E-state index contributed by atoms with van der Waals surface area (Å²) < 4.78 is 5.49. The summed E-state index contributed by atoms with van der Waals surface area (Å²) in [5.74, 6) is 0.886. The van der Waals surface area contributed by atoms with Crippen molar-refractivity contribution in [2.75, 3.05) is 32.5 Å². The van der Waals surface area contributed by atoms with Crippen LogP contribution in [0.4, 0.5) is 10.7 Å². The highest BCUT2D eigenvalue weighted by atomic mass is 16.5. The van der Waals surface area contributed by atoms with Gasteiger partial charge in [0.05, 0.1) is 6.10 Å². The first-order valence-corrected chi connectivity index (χ1v) is 6.42. The first kappa shape index (κ1) is 13.6. The molecule has 8 heteroatoms. The molecular formula is C11H20N6O2. The molecule has 0 aromatic carbocycles. The lowest BCUT2D eigenvalue weighted by molar-refractivity contribution is 0.0875. The molecule has 1 aromatic rings. The van der Waals surface area contributed by atoms with E-state index in [0.717, 1.165) is 19.4 Å². The van der Waals surface area contributed by atoms with Gasteiger partial charge in [-0.1, -0.05) is 0 Å². The molecule has 106 valence electrons. The van der Waals surface area contributed by atoms with E-state index in [-0.39, 0.29) is 18.1 Å². The Morgan fingerprint density at radius 2 is 2.53 bits per heavy atom. The quantitative estimate of drug-likeness (QED) is 0.682. The number of rotatable bonds is 5. The van der Waals surface area contributed by atoms with E-state index in [2.05, 4.69) is 20.5 Å². The van der Waals surface area contributed by atoms with E-state index in [1.165, 1.54) is 0 Å². The topological polar surface area (TPSA) is 109 Å². The number of likely N-dealkylation sites (N-methyl/N-ethyl adjacent to an activating group) is 1. The van der Waals surface area contributed by atoms with E-state index in [9.17, 15) is 4.79 Å². The van der Waals surface area contributed by atoms with Gasteiger partial charge >= 0.3 is 6.03 Å². The number of hydrogen-bond acceptors (Lipinski definition) is 5. The minimum Gasteiger partial charge on any atom is -0.376 e. The smallest absolute Gasteiger partial charge is 0.317 e. The van der Waals surface area contributed by atoms with Crippen molar-refractivity contribution in [1.29, 1.82) is 0 Å². The van der Waals surface area contributed by atoms with Crippen LogP contribution in [-0.2, 0) is 11.2 Å². The monoisotopic (exact) mass is 268 g/mol. The molecule has 2 heterocycles. The third-order valence-electron chi connectivity index (χ3n) is 3.04. The summed E-state index contributed by atoms with van der Waals surface area (Å²) in [5, 5.41) is 9.23. The van der Waals surface area contributed by atoms with E-state index in [0.29, 0.717) is 25.3 Å². The van der Waals surface area contributed by atoms with Crippen molar-refractivity contribution in [3.63, 3.8) is 0 Å². The molecule has 1 fully saturated rings. The van der Waals surface area contributed by atoms with Crippen LogP contribution in [0.15, 0.2) is 0 Å². The SMILES string of the molecule is CN(C[C@@H]1CCCO1)C(=O)NCCc1nc(N)n[nH]1. The fourth-order valence-corrected chi connectivity index (χ4v) is 2.02. The number of nitrogens with zero attached hydrogens (tertiary/aromatic N) is 3. The molecule has 1 aromatic heterocycles. The van der Waals surface area contributed by atoms with Crippen LogP contribution in [0.2, 0.25) is 0 Å². The number of nitrogen functional groups attached to an aromatic ring is 1. The van der Waals surface area contributed by atoms with Gasteiger partial charge in [-0.05, 0) is 12.8 Å². The second kappa shape index (κ2) is 6.37. The number of urea groups is 1. The maximum Gasteiger partial charge on any atom is 0.317 e. The Kier molecular flexibility index (Phi) is 4.56.